The van der Waals surface area contributed by atoms with Crippen LogP contribution in [0.3, 0.4) is 0 Å². The average molecular weight is 266 g/mol. The van der Waals surface area contributed by atoms with Gasteiger partial charge in [0.1, 0.15) is 17.1 Å². The summed E-state index contributed by atoms with van der Waals surface area (Å²) in [6, 6.07) is 3.89. The Labute approximate surface area is 112 Å². The lowest BCUT2D eigenvalue weighted by Gasteiger charge is -2.22. The zero-order valence-electron chi connectivity index (χ0n) is 11.1. The van der Waals surface area contributed by atoms with Crippen LogP contribution in [-0.4, -0.2) is 54.0 Å². The van der Waals surface area contributed by atoms with Gasteiger partial charge in [0, 0.05) is 20.1 Å². The van der Waals surface area contributed by atoms with Gasteiger partial charge >= 0.3 is 0 Å². The van der Waals surface area contributed by atoms with E-state index in [-0.39, 0.29) is 11.3 Å². The smallest absolute Gasteiger partial charge is 0.260 e. The van der Waals surface area contributed by atoms with E-state index >= 15 is 0 Å². The van der Waals surface area contributed by atoms with Crippen LogP contribution in [0.4, 0.5) is 4.39 Å². The second kappa shape index (κ2) is 6.02. The van der Waals surface area contributed by atoms with Crippen molar-refractivity contribution in [1.29, 1.82) is 0 Å². The molecule has 0 saturated carbocycles. The van der Waals surface area contributed by atoms with Crippen molar-refractivity contribution in [3.63, 3.8) is 0 Å². The zero-order chi connectivity index (χ0) is 13.8. The maximum absolute atomic E-state index is 13.6. The Morgan fingerprint density at radius 2 is 2.11 bits per heavy atom. The van der Waals surface area contributed by atoms with E-state index in [4.69, 9.17) is 0 Å². The highest BCUT2D eigenvalue weighted by Crippen LogP contribution is 2.21. The number of carbonyl (C=O) groups excluding carboxylic acids is 1. The van der Waals surface area contributed by atoms with Crippen LogP contribution in [0, 0.1) is 5.82 Å². The van der Waals surface area contributed by atoms with E-state index in [0.717, 1.165) is 19.6 Å². The van der Waals surface area contributed by atoms with Gasteiger partial charge in [-0.2, -0.15) is 0 Å². The topological polar surface area (TPSA) is 43.8 Å². The van der Waals surface area contributed by atoms with Crippen LogP contribution < -0.4 is 0 Å². The molecule has 0 bridgehead atoms. The average Bonchev–Trinajstić information content (AvgIpc) is 2.88. The third-order valence-electron chi connectivity index (χ3n) is 3.50. The molecule has 1 aromatic rings. The predicted octanol–water partition coefficient (Wildman–Crippen LogP) is 1.70. The summed E-state index contributed by atoms with van der Waals surface area (Å²) in [5.41, 5.74) is -0.244. The molecule has 5 heteroatoms. The number of likely N-dealkylation sites (N-methyl/N-ethyl adjacent to an activating group) is 1. The Balaban J connectivity index is 1.98. The Morgan fingerprint density at radius 1 is 1.42 bits per heavy atom. The highest BCUT2D eigenvalue weighted by Gasteiger charge is 2.21. The maximum atomic E-state index is 13.6. The molecule has 0 unspecified atom stereocenters. The molecule has 1 heterocycles. The fourth-order valence-corrected chi connectivity index (χ4v) is 2.31. The first-order chi connectivity index (χ1) is 9.09. The molecule has 19 heavy (non-hydrogen) atoms. The minimum absolute atomic E-state index is 0.244. The second-order valence-corrected chi connectivity index (χ2v) is 4.91. The van der Waals surface area contributed by atoms with E-state index in [1.165, 1.54) is 35.9 Å². The molecule has 1 aliphatic rings. The number of phenols is 1. The molecule has 1 amide bonds. The van der Waals surface area contributed by atoms with E-state index in [1.54, 1.807) is 7.05 Å². The summed E-state index contributed by atoms with van der Waals surface area (Å²) >= 11 is 0. The Kier molecular flexibility index (Phi) is 4.37. The molecule has 0 atom stereocenters. The largest absolute Gasteiger partial charge is 0.507 e. The molecule has 1 saturated heterocycles. The van der Waals surface area contributed by atoms with E-state index in [9.17, 15) is 14.3 Å². The van der Waals surface area contributed by atoms with Gasteiger partial charge in [-0.15, -0.1) is 0 Å². The summed E-state index contributed by atoms with van der Waals surface area (Å²) in [6.07, 6.45) is 2.40. The third-order valence-corrected chi connectivity index (χ3v) is 3.50. The Hall–Kier alpha value is -1.62. The molecule has 1 aliphatic heterocycles. The maximum Gasteiger partial charge on any atom is 0.260 e. The minimum atomic E-state index is -0.682. The molecule has 1 N–H and O–H groups in total. The molecule has 0 aromatic heterocycles. The van der Waals surface area contributed by atoms with Crippen LogP contribution in [0.2, 0.25) is 0 Å². The van der Waals surface area contributed by atoms with Crippen molar-refractivity contribution in [3.8, 4) is 5.75 Å². The molecule has 0 radical (unpaired) electrons. The summed E-state index contributed by atoms with van der Waals surface area (Å²) in [7, 11) is 1.63. The molecule has 1 aromatic carbocycles. The SMILES string of the molecule is CN(CCN1CCCC1)C(=O)c1c(O)cccc1F. The number of aromatic hydroxyl groups is 1. The summed E-state index contributed by atoms with van der Waals surface area (Å²) < 4.78 is 13.6. The van der Waals surface area contributed by atoms with Crippen molar-refractivity contribution >= 4 is 5.91 Å². The molecule has 2 rings (SSSR count). The summed E-state index contributed by atoms with van der Waals surface area (Å²) in [5, 5.41) is 9.59. The second-order valence-electron chi connectivity index (χ2n) is 4.91. The molecular formula is C14H19FN2O2. The highest BCUT2D eigenvalue weighted by atomic mass is 19.1. The first-order valence-corrected chi connectivity index (χ1v) is 6.55. The van der Waals surface area contributed by atoms with Crippen molar-refractivity contribution in [2.45, 2.75) is 12.8 Å². The van der Waals surface area contributed by atoms with E-state index in [1.807, 2.05) is 0 Å². The number of halogens is 1. The third kappa shape index (κ3) is 3.23. The van der Waals surface area contributed by atoms with Crippen LogP contribution in [0.15, 0.2) is 18.2 Å². The van der Waals surface area contributed by atoms with E-state index in [2.05, 4.69) is 4.90 Å². The first kappa shape index (κ1) is 13.8. The number of likely N-dealkylation sites (tertiary alicyclic amines) is 1. The van der Waals surface area contributed by atoms with Crippen molar-refractivity contribution in [2.24, 2.45) is 0 Å². The summed E-state index contributed by atoms with van der Waals surface area (Å²) in [6.45, 7) is 3.45. The summed E-state index contributed by atoms with van der Waals surface area (Å²) in [4.78, 5) is 15.8. The molecule has 0 aliphatic carbocycles. The van der Waals surface area contributed by atoms with Crippen LogP contribution in [0.25, 0.3) is 0 Å². The lowest BCUT2D eigenvalue weighted by molar-refractivity contribution is 0.0774. The van der Waals surface area contributed by atoms with Gasteiger partial charge < -0.3 is 14.9 Å². The van der Waals surface area contributed by atoms with Gasteiger partial charge in [-0.1, -0.05) is 6.07 Å². The van der Waals surface area contributed by atoms with Crippen LogP contribution in [0.5, 0.6) is 5.75 Å². The summed E-state index contributed by atoms with van der Waals surface area (Å²) in [5.74, 6) is -1.47. The van der Waals surface area contributed by atoms with E-state index in [0.29, 0.717) is 6.54 Å². The van der Waals surface area contributed by atoms with Crippen LogP contribution in [-0.2, 0) is 0 Å². The van der Waals surface area contributed by atoms with E-state index < -0.39 is 11.7 Å². The van der Waals surface area contributed by atoms with Crippen molar-refractivity contribution < 1.29 is 14.3 Å². The number of carbonyl (C=O) groups is 1. The van der Waals surface area contributed by atoms with Gasteiger partial charge in [0.2, 0.25) is 0 Å². The van der Waals surface area contributed by atoms with Gasteiger partial charge in [-0.3, -0.25) is 4.79 Å². The van der Waals surface area contributed by atoms with Crippen molar-refractivity contribution in [1.82, 2.24) is 9.80 Å². The fourth-order valence-electron chi connectivity index (χ4n) is 2.31. The number of amides is 1. The molecule has 4 nitrogen and oxygen atoms in total. The number of hydrogen-bond donors (Lipinski definition) is 1. The van der Waals surface area contributed by atoms with Crippen molar-refractivity contribution in [3.05, 3.63) is 29.6 Å². The zero-order valence-corrected chi connectivity index (χ0v) is 11.1. The monoisotopic (exact) mass is 266 g/mol. The standard InChI is InChI=1S/C14H19FN2O2/c1-16(9-10-17-7-2-3-8-17)14(19)13-11(15)5-4-6-12(13)18/h4-6,18H,2-3,7-10H2,1H3. The fraction of sp³-hybridized carbons (Fsp3) is 0.500. The van der Waals surface area contributed by atoms with Gasteiger partial charge in [0.15, 0.2) is 0 Å². The van der Waals surface area contributed by atoms with Gasteiger partial charge in [-0.05, 0) is 38.1 Å². The number of phenolic OH excluding ortho intramolecular Hbond substituents is 1. The first-order valence-electron chi connectivity index (χ1n) is 6.55. The van der Waals surface area contributed by atoms with Crippen LogP contribution in [0.1, 0.15) is 23.2 Å². The molecule has 104 valence electrons. The predicted molar refractivity (Wildman–Crippen MR) is 70.7 cm³/mol. The van der Waals surface area contributed by atoms with Crippen molar-refractivity contribution in [2.75, 3.05) is 33.2 Å². The minimum Gasteiger partial charge on any atom is -0.507 e. The van der Waals surface area contributed by atoms with Gasteiger partial charge in [-0.25, -0.2) is 4.39 Å². The Morgan fingerprint density at radius 3 is 2.74 bits per heavy atom. The molecule has 1 fully saturated rings. The normalized spacial score (nSPS) is 15.7. The van der Waals surface area contributed by atoms with Gasteiger partial charge in [0.05, 0.1) is 0 Å². The number of hydrogen-bond acceptors (Lipinski definition) is 3. The quantitative estimate of drug-likeness (QED) is 0.902. The molecule has 0 spiro atoms. The number of rotatable bonds is 4. The lowest BCUT2D eigenvalue weighted by Crippen LogP contribution is -2.35. The number of nitrogens with zero attached hydrogens (tertiary/aromatic N) is 2. The molecular weight excluding hydrogens is 247 g/mol. The van der Waals surface area contributed by atoms with Gasteiger partial charge in [0.25, 0.3) is 5.91 Å². The highest BCUT2D eigenvalue weighted by molar-refractivity contribution is 5.96. The van der Waals surface area contributed by atoms with Crippen LogP contribution >= 0.6 is 0 Å². The number of benzene rings is 1. The lowest BCUT2D eigenvalue weighted by atomic mass is 10.1. The Bertz CT molecular complexity index is 439.